The zero-order chi connectivity index (χ0) is 16.1. The summed E-state index contributed by atoms with van der Waals surface area (Å²) in [5, 5.41) is 4.05. The van der Waals surface area contributed by atoms with Crippen molar-refractivity contribution < 1.29 is 9.26 Å². The van der Waals surface area contributed by atoms with E-state index in [0.717, 1.165) is 50.0 Å². The van der Waals surface area contributed by atoms with E-state index in [4.69, 9.17) is 15.0 Å². The lowest BCUT2D eigenvalue weighted by Gasteiger charge is -2.17. The molecule has 0 unspecified atom stereocenters. The van der Waals surface area contributed by atoms with Gasteiger partial charge in [0.05, 0.1) is 12.1 Å². The highest BCUT2D eigenvalue weighted by Gasteiger charge is 2.35. The standard InChI is InChI=1S/C18H23N3O2/c1-2-13-22-15-8-5-14(6-9-15)7-10-16-20-17(21-23-16)18(19)11-3-4-12-18/h5-10H,2-4,11-13,19H2,1H3/b10-7+. The van der Waals surface area contributed by atoms with Gasteiger partial charge in [0.1, 0.15) is 5.75 Å². The molecule has 0 spiro atoms. The Morgan fingerprint density at radius 3 is 2.65 bits per heavy atom. The van der Waals surface area contributed by atoms with Crippen molar-refractivity contribution in [2.45, 2.75) is 44.6 Å². The summed E-state index contributed by atoms with van der Waals surface area (Å²) in [6, 6.07) is 7.92. The quantitative estimate of drug-likeness (QED) is 0.879. The fraction of sp³-hybridized carbons (Fsp3) is 0.444. The van der Waals surface area contributed by atoms with Crippen LogP contribution in [0.1, 0.15) is 56.3 Å². The van der Waals surface area contributed by atoms with Gasteiger partial charge in [-0.1, -0.05) is 37.1 Å². The lowest BCUT2D eigenvalue weighted by atomic mass is 9.99. The van der Waals surface area contributed by atoms with E-state index >= 15 is 0 Å². The molecule has 0 bridgehead atoms. The van der Waals surface area contributed by atoms with Crippen LogP contribution >= 0.6 is 0 Å². The summed E-state index contributed by atoms with van der Waals surface area (Å²) in [5.74, 6) is 2.00. The lowest BCUT2D eigenvalue weighted by Crippen LogP contribution is -2.34. The van der Waals surface area contributed by atoms with Gasteiger partial charge in [-0.3, -0.25) is 0 Å². The maximum Gasteiger partial charge on any atom is 0.250 e. The molecule has 0 saturated heterocycles. The summed E-state index contributed by atoms with van der Waals surface area (Å²) in [6.45, 7) is 2.83. The van der Waals surface area contributed by atoms with Crippen molar-refractivity contribution in [2.24, 2.45) is 5.73 Å². The molecular formula is C18H23N3O2. The van der Waals surface area contributed by atoms with E-state index in [1.165, 1.54) is 0 Å². The van der Waals surface area contributed by atoms with Crippen LogP contribution in [0.2, 0.25) is 0 Å². The number of rotatable bonds is 6. The zero-order valence-corrected chi connectivity index (χ0v) is 13.5. The SMILES string of the molecule is CCCOc1ccc(/C=C/c2nc(C3(N)CCCC3)no2)cc1. The van der Waals surface area contributed by atoms with Gasteiger partial charge in [0.2, 0.25) is 0 Å². The number of ether oxygens (including phenoxy) is 1. The highest BCUT2D eigenvalue weighted by atomic mass is 16.5. The predicted molar refractivity (Wildman–Crippen MR) is 89.8 cm³/mol. The Bertz CT molecular complexity index is 655. The van der Waals surface area contributed by atoms with Gasteiger partial charge in [0, 0.05) is 6.08 Å². The lowest BCUT2D eigenvalue weighted by molar-refractivity contribution is 0.317. The number of hydrogen-bond donors (Lipinski definition) is 1. The van der Waals surface area contributed by atoms with Crippen molar-refractivity contribution in [3.8, 4) is 5.75 Å². The molecule has 23 heavy (non-hydrogen) atoms. The van der Waals surface area contributed by atoms with E-state index in [0.29, 0.717) is 11.7 Å². The van der Waals surface area contributed by atoms with Gasteiger partial charge >= 0.3 is 0 Å². The third-order valence-electron chi connectivity index (χ3n) is 4.15. The Kier molecular flexibility index (Phi) is 4.76. The van der Waals surface area contributed by atoms with E-state index in [2.05, 4.69) is 17.1 Å². The second kappa shape index (κ2) is 6.96. The summed E-state index contributed by atoms with van der Waals surface area (Å²) < 4.78 is 10.9. The van der Waals surface area contributed by atoms with Crippen molar-refractivity contribution >= 4 is 12.2 Å². The van der Waals surface area contributed by atoms with Crippen molar-refractivity contribution in [3.05, 3.63) is 41.5 Å². The number of nitrogens with two attached hydrogens (primary N) is 1. The number of aromatic nitrogens is 2. The molecule has 5 heteroatoms. The molecule has 3 rings (SSSR count). The highest BCUT2D eigenvalue weighted by Crippen LogP contribution is 2.34. The molecule has 1 fully saturated rings. The second-order valence-corrected chi connectivity index (χ2v) is 6.07. The molecule has 1 aliphatic carbocycles. The fourth-order valence-electron chi connectivity index (χ4n) is 2.80. The molecule has 0 atom stereocenters. The number of nitrogens with zero attached hydrogens (tertiary/aromatic N) is 2. The molecule has 1 heterocycles. The largest absolute Gasteiger partial charge is 0.494 e. The highest BCUT2D eigenvalue weighted by molar-refractivity contribution is 5.66. The van der Waals surface area contributed by atoms with Crippen molar-refractivity contribution in [1.82, 2.24) is 10.1 Å². The molecule has 122 valence electrons. The van der Waals surface area contributed by atoms with Crippen molar-refractivity contribution in [1.29, 1.82) is 0 Å². The first-order chi connectivity index (χ1) is 11.2. The van der Waals surface area contributed by atoms with E-state index in [1.807, 2.05) is 36.4 Å². The summed E-state index contributed by atoms with van der Waals surface area (Å²) >= 11 is 0. The van der Waals surface area contributed by atoms with Gasteiger partial charge in [-0.2, -0.15) is 4.98 Å². The molecule has 1 aromatic heterocycles. The number of benzene rings is 1. The van der Waals surface area contributed by atoms with E-state index in [-0.39, 0.29) is 0 Å². The number of hydrogen-bond acceptors (Lipinski definition) is 5. The van der Waals surface area contributed by atoms with Gasteiger partial charge in [0.15, 0.2) is 5.82 Å². The Hall–Kier alpha value is -2.14. The predicted octanol–water partition coefficient (Wildman–Crippen LogP) is 3.76. The van der Waals surface area contributed by atoms with Crippen LogP contribution in [-0.4, -0.2) is 16.7 Å². The molecule has 0 radical (unpaired) electrons. The first-order valence-corrected chi connectivity index (χ1v) is 8.24. The van der Waals surface area contributed by atoms with Gasteiger partial charge in [-0.15, -0.1) is 0 Å². The van der Waals surface area contributed by atoms with E-state index in [1.54, 1.807) is 0 Å². The molecule has 5 nitrogen and oxygen atoms in total. The Labute approximate surface area is 136 Å². The van der Waals surface area contributed by atoms with Crippen molar-refractivity contribution in [3.63, 3.8) is 0 Å². The third-order valence-corrected chi connectivity index (χ3v) is 4.15. The summed E-state index contributed by atoms with van der Waals surface area (Å²) in [4.78, 5) is 4.42. The average molecular weight is 313 g/mol. The van der Waals surface area contributed by atoms with Crippen LogP contribution in [0.15, 0.2) is 28.8 Å². The molecule has 1 aromatic carbocycles. The van der Waals surface area contributed by atoms with Crippen LogP contribution in [0, 0.1) is 0 Å². The average Bonchev–Trinajstić information content (AvgIpc) is 3.22. The Morgan fingerprint density at radius 1 is 1.22 bits per heavy atom. The van der Waals surface area contributed by atoms with Gasteiger partial charge in [0.25, 0.3) is 5.89 Å². The molecule has 2 N–H and O–H groups in total. The van der Waals surface area contributed by atoms with Crippen LogP contribution in [0.4, 0.5) is 0 Å². The molecule has 0 amide bonds. The topological polar surface area (TPSA) is 74.2 Å². The van der Waals surface area contributed by atoms with Crippen LogP contribution in [0.5, 0.6) is 5.75 Å². The summed E-state index contributed by atoms with van der Waals surface area (Å²) in [6.07, 6.45) is 8.87. The molecule has 2 aromatic rings. The van der Waals surface area contributed by atoms with Crippen LogP contribution in [0.3, 0.4) is 0 Å². The smallest absolute Gasteiger partial charge is 0.250 e. The van der Waals surface area contributed by atoms with Crippen molar-refractivity contribution in [2.75, 3.05) is 6.61 Å². The normalized spacial score (nSPS) is 17.0. The maximum absolute atomic E-state index is 6.33. The van der Waals surface area contributed by atoms with E-state index in [9.17, 15) is 0 Å². The van der Waals surface area contributed by atoms with Crippen LogP contribution in [-0.2, 0) is 5.54 Å². The van der Waals surface area contributed by atoms with Crippen LogP contribution < -0.4 is 10.5 Å². The molecular weight excluding hydrogens is 290 g/mol. The Balaban J connectivity index is 1.65. The first kappa shape index (κ1) is 15.7. The minimum absolute atomic E-state index is 0.409. The Morgan fingerprint density at radius 2 is 1.96 bits per heavy atom. The zero-order valence-electron chi connectivity index (χ0n) is 13.5. The third kappa shape index (κ3) is 3.79. The van der Waals surface area contributed by atoms with Crippen LogP contribution in [0.25, 0.3) is 12.2 Å². The fourth-order valence-corrected chi connectivity index (χ4v) is 2.80. The molecule has 1 aliphatic rings. The summed E-state index contributed by atoms with van der Waals surface area (Å²) in [7, 11) is 0. The minimum atomic E-state index is -0.409. The molecule has 1 saturated carbocycles. The minimum Gasteiger partial charge on any atom is -0.494 e. The molecule has 0 aliphatic heterocycles. The van der Waals surface area contributed by atoms with E-state index < -0.39 is 5.54 Å². The maximum atomic E-state index is 6.33. The van der Waals surface area contributed by atoms with Gasteiger partial charge in [-0.05, 0) is 43.0 Å². The van der Waals surface area contributed by atoms with Gasteiger partial charge in [-0.25, -0.2) is 0 Å². The monoisotopic (exact) mass is 313 g/mol. The van der Waals surface area contributed by atoms with Gasteiger partial charge < -0.3 is 15.0 Å². The first-order valence-electron chi connectivity index (χ1n) is 8.24. The second-order valence-electron chi connectivity index (χ2n) is 6.07. The summed E-state index contributed by atoms with van der Waals surface area (Å²) in [5.41, 5.74) is 6.98.